The van der Waals surface area contributed by atoms with Gasteiger partial charge in [-0.15, -0.1) is 0 Å². The normalized spacial score (nSPS) is 21.1. The Hall–Kier alpha value is -1.89. The lowest BCUT2D eigenvalue weighted by Crippen LogP contribution is -2.42. The fourth-order valence-corrected chi connectivity index (χ4v) is 3.82. The quantitative estimate of drug-likeness (QED) is 0.817. The van der Waals surface area contributed by atoms with Crippen LogP contribution in [0, 0.1) is 5.92 Å². The summed E-state index contributed by atoms with van der Waals surface area (Å²) in [5.41, 5.74) is -0.0566. The van der Waals surface area contributed by atoms with Gasteiger partial charge in [-0.25, -0.2) is 13.2 Å². The first-order chi connectivity index (χ1) is 11.3. The van der Waals surface area contributed by atoms with Crippen LogP contribution >= 0.6 is 0 Å². The van der Waals surface area contributed by atoms with E-state index < -0.39 is 22.4 Å². The van der Waals surface area contributed by atoms with Crippen molar-refractivity contribution >= 4 is 21.7 Å². The van der Waals surface area contributed by atoms with Gasteiger partial charge in [0.2, 0.25) is 0 Å². The van der Waals surface area contributed by atoms with Gasteiger partial charge in [0.1, 0.15) is 0 Å². The van der Waals surface area contributed by atoms with Crippen LogP contribution < -0.4 is 5.32 Å². The van der Waals surface area contributed by atoms with Gasteiger partial charge in [-0.05, 0) is 30.9 Å². The summed E-state index contributed by atoms with van der Waals surface area (Å²) in [5.74, 6) is -0.772. The van der Waals surface area contributed by atoms with Crippen molar-refractivity contribution in [2.45, 2.75) is 43.5 Å². The van der Waals surface area contributed by atoms with Crippen molar-refractivity contribution in [3.05, 3.63) is 29.8 Å². The Kier molecular flexibility index (Phi) is 5.99. The Labute approximate surface area is 142 Å². The average Bonchev–Trinajstić information content (AvgIpc) is 2.54. The molecule has 0 heterocycles. The smallest absolute Gasteiger partial charge is 0.339 e. The van der Waals surface area contributed by atoms with Crippen molar-refractivity contribution in [3.8, 4) is 0 Å². The van der Waals surface area contributed by atoms with Gasteiger partial charge in [0, 0.05) is 12.3 Å². The molecule has 1 amide bonds. The molecule has 0 spiro atoms. The number of ether oxygens (including phenoxy) is 1. The first kappa shape index (κ1) is 18.4. The zero-order valence-electron chi connectivity index (χ0n) is 13.9. The predicted molar refractivity (Wildman–Crippen MR) is 89.4 cm³/mol. The van der Waals surface area contributed by atoms with Crippen molar-refractivity contribution in [2.24, 2.45) is 5.92 Å². The fourth-order valence-electron chi connectivity index (χ4n) is 2.95. The highest BCUT2D eigenvalue weighted by Crippen LogP contribution is 2.23. The molecule has 0 aromatic heterocycles. The maximum absolute atomic E-state index is 12.1. The number of amides is 1. The SMILES string of the molecule is CC1CCCCC1NC(=O)COC(=O)c1ccccc1S(C)(=O)=O. The fraction of sp³-hybridized carbons (Fsp3) is 0.529. The topological polar surface area (TPSA) is 89.5 Å². The largest absolute Gasteiger partial charge is 0.452 e. The van der Waals surface area contributed by atoms with E-state index in [0.717, 1.165) is 25.5 Å². The third-order valence-corrected chi connectivity index (χ3v) is 5.45. The van der Waals surface area contributed by atoms with Gasteiger partial charge >= 0.3 is 5.97 Å². The van der Waals surface area contributed by atoms with E-state index in [1.54, 1.807) is 6.07 Å². The number of sulfone groups is 1. The van der Waals surface area contributed by atoms with Crippen LogP contribution in [0.3, 0.4) is 0 Å². The van der Waals surface area contributed by atoms with E-state index in [1.807, 2.05) is 0 Å². The molecule has 132 valence electrons. The molecule has 1 aliphatic carbocycles. The second-order valence-corrected chi connectivity index (χ2v) is 8.26. The van der Waals surface area contributed by atoms with E-state index in [1.165, 1.54) is 24.6 Å². The number of esters is 1. The molecule has 1 N–H and O–H groups in total. The summed E-state index contributed by atoms with van der Waals surface area (Å²) in [5, 5.41) is 2.89. The highest BCUT2D eigenvalue weighted by molar-refractivity contribution is 7.90. The minimum absolute atomic E-state index is 0.0566. The zero-order valence-corrected chi connectivity index (χ0v) is 14.8. The summed E-state index contributed by atoms with van der Waals surface area (Å²) in [6, 6.07) is 5.91. The lowest BCUT2D eigenvalue weighted by atomic mass is 9.86. The molecule has 0 aliphatic heterocycles. The van der Waals surface area contributed by atoms with Crippen molar-refractivity contribution in [1.82, 2.24) is 5.32 Å². The van der Waals surface area contributed by atoms with Gasteiger partial charge in [0.15, 0.2) is 16.4 Å². The summed E-state index contributed by atoms with van der Waals surface area (Å²) < 4.78 is 28.4. The first-order valence-electron chi connectivity index (χ1n) is 8.04. The molecular weight excluding hydrogens is 330 g/mol. The molecule has 1 aliphatic rings. The summed E-state index contributed by atoms with van der Waals surface area (Å²) >= 11 is 0. The van der Waals surface area contributed by atoms with E-state index >= 15 is 0 Å². The molecule has 0 bridgehead atoms. The van der Waals surface area contributed by atoms with Gasteiger partial charge in [-0.1, -0.05) is 31.9 Å². The second kappa shape index (κ2) is 7.79. The monoisotopic (exact) mass is 353 g/mol. The van der Waals surface area contributed by atoms with Gasteiger partial charge in [0.05, 0.1) is 10.5 Å². The molecule has 2 unspecified atom stereocenters. The third kappa shape index (κ3) is 4.80. The number of hydrogen-bond donors (Lipinski definition) is 1. The standard InChI is InChI=1S/C17H23NO5S/c1-12-7-3-5-9-14(12)18-16(19)11-23-17(20)13-8-4-6-10-15(13)24(2,21)22/h4,6,8,10,12,14H,3,5,7,9,11H2,1-2H3,(H,18,19). The van der Waals surface area contributed by atoms with Crippen molar-refractivity contribution in [1.29, 1.82) is 0 Å². The maximum atomic E-state index is 12.1. The summed E-state index contributed by atoms with van der Waals surface area (Å²) in [6.45, 7) is 1.68. The molecule has 1 aromatic carbocycles. The summed E-state index contributed by atoms with van der Waals surface area (Å²) in [6.07, 6.45) is 5.28. The van der Waals surface area contributed by atoms with Crippen molar-refractivity contribution < 1.29 is 22.7 Å². The number of nitrogens with one attached hydrogen (secondary N) is 1. The highest BCUT2D eigenvalue weighted by Gasteiger charge is 2.24. The average molecular weight is 353 g/mol. The number of benzene rings is 1. The molecule has 0 saturated heterocycles. The Morgan fingerprint density at radius 1 is 1.21 bits per heavy atom. The summed E-state index contributed by atoms with van der Waals surface area (Å²) in [4.78, 5) is 24.0. The lowest BCUT2D eigenvalue weighted by molar-refractivity contribution is -0.125. The van der Waals surface area contributed by atoms with E-state index in [9.17, 15) is 18.0 Å². The van der Waals surface area contributed by atoms with E-state index in [-0.39, 0.29) is 22.4 Å². The van der Waals surface area contributed by atoms with Gasteiger partial charge in [-0.2, -0.15) is 0 Å². The zero-order chi connectivity index (χ0) is 17.7. The Morgan fingerprint density at radius 2 is 1.88 bits per heavy atom. The maximum Gasteiger partial charge on any atom is 0.339 e. The number of hydrogen-bond acceptors (Lipinski definition) is 5. The molecule has 1 saturated carbocycles. The molecule has 2 rings (SSSR count). The second-order valence-electron chi connectivity index (χ2n) is 6.28. The molecular formula is C17H23NO5S. The third-order valence-electron chi connectivity index (χ3n) is 4.30. The minimum atomic E-state index is -3.55. The molecule has 1 fully saturated rings. The van der Waals surface area contributed by atoms with Crippen molar-refractivity contribution in [3.63, 3.8) is 0 Å². The van der Waals surface area contributed by atoms with Crippen LogP contribution in [0.5, 0.6) is 0 Å². The van der Waals surface area contributed by atoms with E-state index in [4.69, 9.17) is 4.74 Å². The van der Waals surface area contributed by atoms with Crippen LogP contribution in [0.2, 0.25) is 0 Å². The van der Waals surface area contributed by atoms with E-state index in [0.29, 0.717) is 5.92 Å². The molecule has 0 radical (unpaired) electrons. The Balaban J connectivity index is 1.95. The van der Waals surface area contributed by atoms with Crippen LogP contribution in [0.15, 0.2) is 29.2 Å². The Bertz CT molecular complexity index is 713. The van der Waals surface area contributed by atoms with Crippen LogP contribution in [0.4, 0.5) is 0 Å². The first-order valence-corrected chi connectivity index (χ1v) is 9.93. The predicted octanol–water partition coefficient (Wildman–Crippen LogP) is 1.94. The van der Waals surface area contributed by atoms with E-state index in [2.05, 4.69) is 12.2 Å². The number of rotatable bonds is 5. The van der Waals surface area contributed by atoms with Gasteiger partial charge < -0.3 is 10.1 Å². The molecule has 6 nitrogen and oxygen atoms in total. The van der Waals surface area contributed by atoms with Gasteiger partial charge in [0.25, 0.3) is 5.91 Å². The molecule has 2 atom stereocenters. The molecule has 1 aromatic rings. The van der Waals surface area contributed by atoms with Crippen LogP contribution in [0.1, 0.15) is 43.0 Å². The highest BCUT2D eigenvalue weighted by atomic mass is 32.2. The summed E-state index contributed by atoms with van der Waals surface area (Å²) in [7, 11) is -3.55. The van der Waals surface area contributed by atoms with Crippen LogP contribution in [0.25, 0.3) is 0 Å². The lowest BCUT2D eigenvalue weighted by Gasteiger charge is -2.29. The van der Waals surface area contributed by atoms with Crippen molar-refractivity contribution in [2.75, 3.05) is 12.9 Å². The van der Waals surface area contributed by atoms with Crippen LogP contribution in [-0.2, 0) is 19.4 Å². The molecule has 24 heavy (non-hydrogen) atoms. The minimum Gasteiger partial charge on any atom is -0.452 e. The number of carbonyl (C=O) groups excluding carboxylic acids is 2. The van der Waals surface area contributed by atoms with Crippen LogP contribution in [-0.4, -0.2) is 39.2 Å². The molecule has 7 heteroatoms. The Morgan fingerprint density at radius 3 is 2.54 bits per heavy atom. The van der Waals surface area contributed by atoms with Gasteiger partial charge in [-0.3, -0.25) is 4.79 Å². The number of carbonyl (C=O) groups is 2.